The zero-order valence-electron chi connectivity index (χ0n) is 7.38. The van der Waals surface area contributed by atoms with Crippen molar-refractivity contribution in [2.75, 3.05) is 19.7 Å². The Bertz CT molecular complexity index is 181. The van der Waals surface area contributed by atoms with Crippen molar-refractivity contribution in [1.82, 2.24) is 5.32 Å². The first kappa shape index (κ1) is 8.05. The number of piperidine rings is 1. The molecule has 1 saturated carbocycles. The molecule has 2 fully saturated rings. The number of hydrogen-bond donors (Lipinski definition) is 1. The van der Waals surface area contributed by atoms with E-state index < -0.39 is 0 Å². The zero-order valence-corrected chi connectivity index (χ0v) is 7.38. The maximum absolute atomic E-state index is 11.3. The highest BCUT2D eigenvalue weighted by Crippen LogP contribution is 2.50. The van der Waals surface area contributed by atoms with Gasteiger partial charge < -0.3 is 10.1 Å². The number of rotatable bonds is 2. The van der Waals surface area contributed by atoms with E-state index in [-0.39, 0.29) is 11.9 Å². The monoisotopic (exact) mass is 169 g/mol. The molecule has 2 aliphatic rings. The largest absolute Gasteiger partial charge is 0.466 e. The van der Waals surface area contributed by atoms with E-state index in [0.29, 0.717) is 18.4 Å². The number of hydrogen-bond acceptors (Lipinski definition) is 3. The van der Waals surface area contributed by atoms with Crippen LogP contribution >= 0.6 is 0 Å². The van der Waals surface area contributed by atoms with Gasteiger partial charge in [0.05, 0.1) is 12.5 Å². The lowest BCUT2D eigenvalue weighted by molar-refractivity contribution is -0.145. The van der Waals surface area contributed by atoms with Gasteiger partial charge in [0.25, 0.3) is 0 Å². The van der Waals surface area contributed by atoms with Crippen molar-refractivity contribution >= 4 is 5.97 Å². The molecule has 1 aliphatic heterocycles. The first-order chi connectivity index (χ1) is 5.84. The Labute approximate surface area is 72.5 Å². The third-order valence-corrected chi connectivity index (χ3v) is 2.92. The first-order valence-electron chi connectivity index (χ1n) is 4.72. The molecule has 0 unspecified atom stereocenters. The van der Waals surface area contributed by atoms with Crippen LogP contribution in [0.1, 0.15) is 13.3 Å². The lowest BCUT2D eigenvalue weighted by Crippen LogP contribution is -2.23. The Morgan fingerprint density at radius 3 is 3.00 bits per heavy atom. The Kier molecular flexibility index (Phi) is 2.05. The number of fused-ring (bicyclic) bond motifs is 1. The van der Waals surface area contributed by atoms with Gasteiger partial charge in [-0.05, 0) is 38.3 Å². The minimum Gasteiger partial charge on any atom is -0.466 e. The minimum atomic E-state index is 0.0243. The van der Waals surface area contributed by atoms with Crippen LogP contribution in [0.4, 0.5) is 0 Å². The summed E-state index contributed by atoms with van der Waals surface area (Å²) >= 11 is 0. The second kappa shape index (κ2) is 3.05. The summed E-state index contributed by atoms with van der Waals surface area (Å²) in [6.07, 6.45) is 1.15. The lowest BCUT2D eigenvalue weighted by atomic mass is 10.2. The summed E-state index contributed by atoms with van der Waals surface area (Å²) in [5.74, 6) is 1.46. The third-order valence-electron chi connectivity index (χ3n) is 2.92. The van der Waals surface area contributed by atoms with E-state index in [4.69, 9.17) is 4.74 Å². The summed E-state index contributed by atoms with van der Waals surface area (Å²) in [7, 11) is 0. The van der Waals surface area contributed by atoms with Gasteiger partial charge in [0.2, 0.25) is 0 Å². The summed E-state index contributed by atoms with van der Waals surface area (Å²) in [5.41, 5.74) is 0. The minimum absolute atomic E-state index is 0.0243. The van der Waals surface area contributed by atoms with Crippen LogP contribution in [0.5, 0.6) is 0 Å². The molecule has 0 aromatic rings. The molecular weight excluding hydrogens is 154 g/mol. The summed E-state index contributed by atoms with van der Waals surface area (Å²) < 4.78 is 4.99. The van der Waals surface area contributed by atoms with Crippen LogP contribution < -0.4 is 5.32 Å². The molecule has 0 aromatic carbocycles. The fraction of sp³-hybridized carbons (Fsp3) is 0.889. The Hall–Kier alpha value is -0.570. The van der Waals surface area contributed by atoms with Crippen LogP contribution in [0, 0.1) is 17.8 Å². The molecule has 1 heterocycles. The van der Waals surface area contributed by atoms with Crippen molar-refractivity contribution in [1.29, 1.82) is 0 Å². The number of carbonyl (C=O) groups is 1. The van der Waals surface area contributed by atoms with Gasteiger partial charge in [0.1, 0.15) is 0 Å². The Morgan fingerprint density at radius 1 is 1.58 bits per heavy atom. The van der Waals surface area contributed by atoms with Gasteiger partial charge in [0.15, 0.2) is 0 Å². The van der Waals surface area contributed by atoms with E-state index in [1.54, 1.807) is 0 Å². The molecule has 0 radical (unpaired) electrons. The van der Waals surface area contributed by atoms with Crippen LogP contribution in [0.3, 0.4) is 0 Å². The van der Waals surface area contributed by atoms with Crippen LogP contribution in [0.25, 0.3) is 0 Å². The predicted molar refractivity (Wildman–Crippen MR) is 44.6 cm³/mol. The number of nitrogens with one attached hydrogen (secondary N) is 1. The SMILES string of the molecule is CCOC(=O)[C@@H]1[C@@H]2CNCC[C@@H]21. The van der Waals surface area contributed by atoms with Gasteiger partial charge >= 0.3 is 5.97 Å². The van der Waals surface area contributed by atoms with Gasteiger partial charge in [-0.3, -0.25) is 4.79 Å². The number of esters is 1. The van der Waals surface area contributed by atoms with Gasteiger partial charge in [-0.25, -0.2) is 0 Å². The molecule has 3 heteroatoms. The Morgan fingerprint density at radius 2 is 2.42 bits per heavy atom. The molecule has 1 N–H and O–H groups in total. The van der Waals surface area contributed by atoms with Gasteiger partial charge in [0, 0.05) is 0 Å². The van der Waals surface area contributed by atoms with Crippen LogP contribution in [0.2, 0.25) is 0 Å². The van der Waals surface area contributed by atoms with Crippen LogP contribution in [-0.2, 0) is 9.53 Å². The molecule has 2 rings (SSSR count). The quantitative estimate of drug-likeness (QED) is 0.608. The van der Waals surface area contributed by atoms with Crippen LogP contribution in [-0.4, -0.2) is 25.7 Å². The molecule has 1 saturated heterocycles. The molecular formula is C9H15NO2. The van der Waals surface area contributed by atoms with E-state index >= 15 is 0 Å². The smallest absolute Gasteiger partial charge is 0.309 e. The molecule has 0 bridgehead atoms. The third kappa shape index (κ3) is 1.22. The van der Waals surface area contributed by atoms with E-state index in [0.717, 1.165) is 19.5 Å². The number of carbonyl (C=O) groups excluding carboxylic acids is 1. The summed E-state index contributed by atoms with van der Waals surface area (Å²) in [4.78, 5) is 11.3. The molecule has 0 aromatic heterocycles. The van der Waals surface area contributed by atoms with Crippen molar-refractivity contribution in [2.45, 2.75) is 13.3 Å². The molecule has 68 valence electrons. The van der Waals surface area contributed by atoms with Gasteiger partial charge in [-0.1, -0.05) is 0 Å². The fourth-order valence-corrected chi connectivity index (χ4v) is 2.24. The van der Waals surface area contributed by atoms with Gasteiger partial charge in [-0.15, -0.1) is 0 Å². The highest BCUT2D eigenvalue weighted by Gasteiger charge is 2.55. The molecule has 0 amide bonds. The second-order valence-corrected chi connectivity index (χ2v) is 3.60. The maximum atomic E-state index is 11.3. The van der Waals surface area contributed by atoms with Crippen molar-refractivity contribution in [3.05, 3.63) is 0 Å². The summed E-state index contributed by atoms with van der Waals surface area (Å²) in [5, 5.41) is 3.30. The van der Waals surface area contributed by atoms with Crippen LogP contribution in [0.15, 0.2) is 0 Å². The van der Waals surface area contributed by atoms with Gasteiger partial charge in [-0.2, -0.15) is 0 Å². The molecule has 1 aliphatic carbocycles. The van der Waals surface area contributed by atoms with Crippen molar-refractivity contribution < 1.29 is 9.53 Å². The fourth-order valence-electron chi connectivity index (χ4n) is 2.24. The average molecular weight is 169 g/mol. The molecule has 3 atom stereocenters. The van der Waals surface area contributed by atoms with E-state index in [2.05, 4.69) is 5.32 Å². The molecule has 12 heavy (non-hydrogen) atoms. The zero-order chi connectivity index (χ0) is 8.55. The Balaban J connectivity index is 1.87. The highest BCUT2D eigenvalue weighted by molar-refractivity contribution is 5.76. The topological polar surface area (TPSA) is 38.3 Å². The first-order valence-corrected chi connectivity index (χ1v) is 4.72. The standard InChI is InChI=1S/C9H15NO2/c1-2-12-9(11)8-6-3-4-10-5-7(6)8/h6-8,10H,2-5H2,1H3/t6-,7+,8-/m0/s1. The molecule has 3 nitrogen and oxygen atoms in total. The van der Waals surface area contributed by atoms with E-state index in [1.165, 1.54) is 0 Å². The molecule has 0 spiro atoms. The van der Waals surface area contributed by atoms with E-state index in [1.807, 2.05) is 6.92 Å². The van der Waals surface area contributed by atoms with Crippen molar-refractivity contribution in [3.8, 4) is 0 Å². The predicted octanol–water partition coefficient (Wildman–Crippen LogP) is 0.405. The number of ether oxygens (including phenoxy) is 1. The average Bonchev–Trinajstić information content (AvgIpc) is 2.78. The summed E-state index contributed by atoms with van der Waals surface area (Å²) in [6.45, 7) is 4.45. The normalized spacial score (nSPS) is 38.6. The van der Waals surface area contributed by atoms with Crippen molar-refractivity contribution in [3.63, 3.8) is 0 Å². The lowest BCUT2D eigenvalue weighted by Gasteiger charge is -2.07. The van der Waals surface area contributed by atoms with Crippen molar-refractivity contribution in [2.24, 2.45) is 17.8 Å². The highest BCUT2D eigenvalue weighted by atomic mass is 16.5. The summed E-state index contributed by atoms with van der Waals surface area (Å²) in [6, 6.07) is 0. The maximum Gasteiger partial charge on any atom is 0.309 e. The van der Waals surface area contributed by atoms with E-state index in [9.17, 15) is 4.79 Å². The second-order valence-electron chi connectivity index (χ2n) is 3.60.